The van der Waals surface area contributed by atoms with Gasteiger partial charge in [-0.1, -0.05) is 19.3 Å². The molecular weight excluding hydrogens is 412 g/mol. The second-order valence-electron chi connectivity index (χ2n) is 9.31. The number of hydrogen-bond acceptors (Lipinski definition) is 5. The molecule has 31 heavy (non-hydrogen) atoms. The van der Waals surface area contributed by atoms with Gasteiger partial charge in [0, 0.05) is 37.9 Å². The minimum Gasteiger partial charge on any atom is -0.325 e. The molecule has 0 radical (unpaired) electrons. The number of amides is 1. The molecule has 1 unspecified atom stereocenters. The molecule has 2 aliphatic heterocycles. The molecule has 0 spiro atoms. The summed E-state index contributed by atoms with van der Waals surface area (Å²) in [6.45, 7) is 4.68. The Balaban J connectivity index is 1.29. The number of benzene rings is 1. The number of likely N-dealkylation sites (tertiary alicyclic amines) is 2. The molecule has 8 heteroatoms. The molecule has 1 saturated carbocycles. The standard InChI is InChI=1S/C23H36N4O3S/c1-25(20-7-3-2-4-8-20)31(29,30)22-11-9-19(10-12-22)24-23(28)18-26-16-13-21(17-26)27-14-5-6-15-27/h9-12,20-21H,2-8,13-18H2,1H3,(H,24,28). The number of nitrogens with zero attached hydrogens (tertiary/aromatic N) is 3. The zero-order valence-corrected chi connectivity index (χ0v) is 19.4. The first kappa shape index (κ1) is 22.7. The minimum atomic E-state index is -3.51. The van der Waals surface area contributed by atoms with Gasteiger partial charge in [-0.2, -0.15) is 4.31 Å². The van der Waals surface area contributed by atoms with E-state index in [0.29, 0.717) is 18.3 Å². The third-order valence-corrected chi connectivity index (χ3v) is 9.10. The normalized spacial score (nSPS) is 24.1. The summed E-state index contributed by atoms with van der Waals surface area (Å²) < 4.78 is 27.5. The lowest BCUT2D eigenvalue weighted by molar-refractivity contribution is -0.117. The third kappa shape index (κ3) is 5.48. The molecule has 1 aromatic carbocycles. The van der Waals surface area contributed by atoms with Crippen molar-refractivity contribution in [3.63, 3.8) is 0 Å². The summed E-state index contributed by atoms with van der Waals surface area (Å²) in [5.41, 5.74) is 0.638. The lowest BCUT2D eigenvalue weighted by Crippen LogP contribution is -2.38. The first-order valence-corrected chi connectivity index (χ1v) is 13.2. The van der Waals surface area contributed by atoms with Gasteiger partial charge in [0.25, 0.3) is 0 Å². The van der Waals surface area contributed by atoms with Crippen LogP contribution in [0.2, 0.25) is 0 Å². The molecule has 1 amide bonds. The van der Waals surface area contributed by atoms with E-state index < -0.39 is 10.0 Å². The van der Waals surface area contributed by atoms with Gasteiger partial charge in [0.05, 0.1) is 11.4 Å². The van der Waals surface area contributed by atoms with Crippen LogP contribution in [0.1, 0.15) is 51.4 Å². The quantitative estimate of drug-likeness (QED) is 0.694. The molecule has 0 bridgehead atoms. The van der Waals surface area contributed by atoms with Crippen molar-refractivity contribution < 1.29 is 13.2 Å². The maximum absolute atomic E-state index is 13.0. The van der Waals surface area contributed by atoms with Crippen LogP contribution in [0.15, 0.2) is 29.2 Å². The predicted molar refractivity (Wildman–Crippen MR) is 123 cm³/mol. The zero-order chi connectivity index (χ0) is 21.8. The summed E-state index contributed by atoms with van der Waals surface area (Å²) in [6.07, 6.45) is 8.94. The number of carbonyl (C=O) groups excluding carboxylic acids is 1. The lowest BCUT2D eigenvalue weighted by atomic mass is 9.96. The Kier molecular flexibility index (Phi) is 7.31. The molecule has 1 aliphatic carbocycles. The largest absolute Gasteiger partial charge is 0.325 e. The molecule has 2 saturated heterocycles. The van der Waals surface area contributed by atoms with Gasteiger partial charge >= 0.3 is 0 Å². The van der Waals surface area contributed by atoms with E-state index in [9.17, 15) is 13.2 Å². The van der Waals surface area contributed by atoms with Crippen molar-refractivity contribution in [2.75, 3.05) is 45.1 Å². The molecule has 4 rings (SSSR count). The van der Waals surface area contributed by atoms with Crippen molar-refractivity contribution in [3.05, 3.63) is 24.3 Å². The Morgan fingerprint density at radius 2 is 1.68 bits per heavy atom. The summed E-state index contributed by atoms with van der Waals surface area (Å²) in [6, 6.07) is 7.25. The highest BCUT2D eigenvalue weighted by Crippen LogP contribution is 2.27. The van der Waals surface area contributed by atoms with Crippen LogP contribution in [-0.4, -0.2) is 80.3 Å². The molecule has 7 nitrogen and oxygen atoms in total. The molecule has 1 aromatic rings. The second-order valence-corrected chi connectivity index (χ2v) is 11.3. The Bertz CT molecular complexity index is 846. The van der Waals surface area contributed by atoms with Gasteiger partial charge in [-0.25, -0.2) is 8.42 Å². The number of sulfonamides is 1. The van der Waals surface area contributed by atoms with E-state index in [2.05, 4.69) is 15.1 Å². The van der Waals surface area contributed by atoms with Crippen LogP contribution in [0.25, 0.3) is 0 Å². The molecule has 0 aromatic heterocycles. The van der Waals surface area contributed by atoms with E-state index in [1.165, 1.54) is 36.7 Å². The van der Waals surface area contributed by atoms with Crippen LogP contribution in [0.4, 0.5) is 5.69 Å². The van der Waals surface area contributed by atoms with Crippen molar-refractivity contribution >= 4 is 21.6 Å². The van der Waals surface area contributed by atoms with Gasteiger partial charge in [0.2, 0.25) is 15.9 Å². The van der Waals surface area contributed by atoms with Gasteiger partial charge in [-0.15, -0.1) is 0 Å². The monoisotopic (exact) mass is 448 g/mol. The predicted octanol–water partition coefficient (Wildman–Crippen LogP) is 2.75. The van der Waals surface area contributed by atoms with Gasteiger partial charge in [0.15, 0.2) is 0 Å². The van der Waals surface area contributed by atoms with E-state index in [0.717, 1.165) is 45.2 Å². The highest BCUT2D eigenvalue weighted by atomic mass is 32.2. The Hall–Kier alpha value is -1.48. The maximum atomic E-state index is 13.0. The lowest BCUT2D eigenvalue weighted by Gasteiger charge is -2.30. The summed E-state index contributed by atoms with van der Waals surface area (Å²) in [5.74, 6) is -0.0444. The van der Waals surface area contributed by atoms with E-state index in [1.54, 1.807) is 31.3 Å². The van der Waals surface area contributed by atoms with Crippen LogP contribution in [0, 0.1) is 0 Å². The highest BCUT2D eigenvalue weighted by molar-refractivity contribution is 7.89. The first-order chi connectivity index (χ1) is 14.9. The minimum absolute atomic E-state index is 0.0444. The number of hydrogen-bond donors (Lipinski definition) is 1. The molecular formula is C23H36N4O3S. The Labute approximate surface area is 186 Å². The number of carbonyl (C=O) groups is 1. The van der Waals surface area contributed by atoms with E-state index in [-0.39, 0.29) is 16.8 Å². The van der Waals surface area contributed by atoms with Crippen LogP contribution >= 0.6 is 0 Å². The fraction of sp³-hybridized carbons (Fsp3) is 0.696. The van der Waals surface area contributed by atoms with Crippen LogP contribution < -0.4 is 5.32 Å². The second kappa shape index (κ2) is 9.98. The van der Waals surface area contributed by atoms with Crippen molar-refractivity contribution in [3.8, 4) is 0 Å². The molecule has 1 N–H and O–H groups in total. The number of anilines is 1. The maximum Gasteiger partial charge on any atom is 0.243 e. The number of rotatable bonds is 7. The molecule has 172 valence electrons. The van der Waals surface area contributed by atoms with E-state index in [4.69, 9.17) is 0 Å². The SMILES string of the molecule is CN(C1CCCCC1)S(=O)(=O)c1ccc(NC(=O)CN2CCC(N3CCCC3)C2)cc1. The van der Waals surface area contributed by atoms with Gasteiger partial charge < -0.3 is 5.32 Å². The topological polar surface area (TPSA) is 73.0 Å². The Morgan fingerprint density at radius 1 is 1.00 bits per heavy atom. The molecule has 3 fully saturated rings. The fourth-order valence-electron chi connectivity index (χ4n) is 5.28. The van der Waals surface area contributed by atoms with Crippen molar-refractivity contribution in [1.82, 2.24) is 14.1 Å². The number of nitrogens with one attached hydrogen (secondary N) is 1. The summed E-state index contributed by atoms with van der Waals surface area (Å²) in [7, 11) is -1.82. The van der Waals surface area contributed by atoms with Crippen LogP contribution in [-0.2, 0) is 14.8 Å². The van der Waals surface area contributed by atoms with Crippen LogP contribution in [0.3, 0.4) is 0 Å². The summed E-state index contributed by atoms with van der Waals surface area (Å²) in [4.78, 5) is 17.6. The summed E-state index contributed by atoms with van der Waals surface area (Å²) in [5, 5.41) is 2.92. The molecule has 3 aliphatic rings. The van der Waals surface area contributed by atoms with Crippen molar-refractivity contribution in [1.29, 1.82) is 0 Å². The highest BCUT2D eigenvalue weighted by Gasteiger charge is 2.31. The van der Waals surface area contributed by atoms with Crippen LogP contribution in [0.5, 0.6) is 0 Å². The zero-order valence-electron chi connectivity index (χ0n) is 18.6. The van der Waals surface area contributed by atoms with E-state index in [1.807, 2.05) is 0 Å². The Morgan fingerprint density at radius 3 is 2.35 bits per heavy atom. The average molecular weight is 449 g/mol. The average Bonchev–Trinajstić information content (AvgIpc) is 3.46. The fourth-order valence-corrected chi connectivity index (χ4v) is 6.70. The third-order valence-electron chi connectivity index (χ3n) is 7.18. The first-order valence-electron chi connectivity index (χ1n) is 11.8. The molecule has 2 heterocycles. The van der Waals surface area contributed by atoms with Gasteiger partial charge in [-0.05, 0) is 69.5 Å². The van der Waals surface area contributed by atoms with Crippen molar-refractivity contribution in [2.24, 2.45) is 0 Å². The smallest absolute Gasteiger partial charge is 0.243 e. The summed E-state index contributed by atoms with van der Waals surface area (Å²) >= 11 is 0. The molecule has 1 atom stereocenters. The van der Waals surface area contributed by atoms with E-state index >= 15 is 0 Å². The van der Waals surface area contributed by atoms with Gasteiger partial charge in [0.1, 0.15) is 0 Å². The van der Waals surface area contributed by atoms with Gasteiger partial charge in [-0.3, -0.25) is 14.6 Å². The van der Waals surface area contributed by atoms with Crippen molar-refractivity contribution in [2.45, 2.75) is 68.3 Å².